The van der Waals surface area contributed by atoms with Crippen LogP contribution in [0.25, 0.3) is 0 Å². The number of aromatic nitrogens is 5. The molecule has 6 rings (SSSR count). The van der Waals surface area contributed by atoms with Gasteiger partial charge in [-0.25, -0.2) is 24.7 Å². The second-order valence-corrected chi connectivity index (χ2v) is 17.0. The predicted octanol–water partition coefficient (Wildman–Crippen LogP) is 2.64. The Labute approximate surface area is 237 Å². The number of nitrogens with zero attached hydrogens (tertiary/aromatic N) is 6. The maximum absolute atomic E-state index is 13.5. The first-order chi connectivity index (χ1) is 19.2. The molecular weight excluding hydrogens is 526 g/mol. The molecule has 3 aliphatic rings. The summed E-state index contributed by atoms with van der Waals surface area (Å²) in [6.45, 7) is 2.81. The molecule has 1 saturated heterocycles. The van der Waals surface area contributed by atoms with Gasteiger partial charge in [-0.05, 0) is 67.6 Å². The van der Waals surface area contributed by atoms with Crippen molar-refractivity contribution in [3.63, 3.8) is 0 Å². The zero-order valence-corrected chi connectivity index (χ0v) is 24.8. The first-order valence-electron chi connectivity index (χ1n) is 14.1. The lowest BCUT2D eigenvalue weighted by molar-refractivity contribution is 0.0730. The summed E-state index contributed by atoms with van der Waals surface area (Å²) in [6.07, 6.45) is 12.1. The number of anilines is 1. The number of imidazole rings is 1. The molecule has 3 aromatic rings. The summed E-state index contributed by atoms with van der Waals surface area (Å²) in [6, 6.07) is 5.81. The maximum atomic E-state index is 13.5. The van der Waals surface area contributed by atoms with Crippen LogP contribution < -0.4 is 10.2 Å². The monoisotopic (exact) mass is 567 g/mol. The Kier molecular flexibility index (Phi) is 7.39. The highest BCUT2D eigenvalue weighted by Gasteiger charge is 2.45. The number of carbonyl (C=O) groups excluding carboxylic acids is 1. The minimum absolute atomic E-state index is 0.115. The quantitative estimate of drug-likeness (QED) is 0.343. The molecule has 4 heterocycles. The lowest BCUT2D eigenvalue weighted by atomic mass is 10.1. The van der Waals surface area contributed by atoms with Gasteiger partial charge >= 0.3 is 0 Å². The number of aliphatic hydroxyl groups is 1. The maximum Gasteiger partial charge on any atom is 0.270 e. The van der Waals surface area contributed by atoms with Gasteiger partial charge in [-0.2, -0.15) is 5.10 Å². The Bertz CT molecular complexity index is 1380. The van der Waals surface area contributed by atoms with Gasteiger partial charge in [0.25, 0.3) is 5.91 Å². The summed E-state index contributed by atoms with van der Waals surface area (Å²) in [5.41, 5.74) is 4.90. The third-order valence-corrected chi connectivity index (χ3v) is 9.78. The molecule has 2 N–H and O–H groups in total. The zero-order valence-electron chi connectivity index (χ0n) is 24.0. The van der Waals surface area contributed by atoms with Crippen LogP contribution in [-0.2, 0) is 38.0 Å². The van der Waals surface area contributed by atoms with Gasteiger partial charge in [0, 0.05) is 38.0 Å². The second kappa shape index (κ2) is 10.8. The largest absolute Gasteiger partial charge is 0.390 e. The number of aryl methyl sites for hydroxylation is 1. The molecule has 3 atom stereocenters. The van der Waals surface area contributed by atoms with Crippen molar-refractivity contribution in [3.05, 3.63) is 58.6 Å². The van der Waals surface area contributed by atoms with E-state index >= 15 is 0 Å². The first-order valence-corrected chi connectivity index (χ1v) is 17.2. The van der Waals surface area contributed by atoms with E-state index < -0.39 is 10.0 Å². The van der Waals surface area contributed by atoms with E-state index in [-0.39, 0.29) is 25.3 Å². The van der Waals surface area contributed by atoms with Crippen molar-refractivity contribution in [1.82, 2.24) is 29.6 Å². The molecule has 10 nitrogen and oxygen atoms in total. The lowest BCUT2D eigenvalue weighted by Gasteiger charge is -2.24. The predicted molar refractivity (Wildman–Crippen MR) is 157 cm³/mol. The Balaban J connectivity index is 1.20. The standard InChI is InChI=1S/C29H41N7O3S/c1-34-17-30-28-23(6-7-25(28)34)32-29(38)26-13-22(33-36(26)18-39-9-10-40(2,3)4)12-19-5-8-27(31-24(19)16-37)35-14-20-11-21(20)15-35/h5,8,13,17,20-21,23,37H,6-7,9-12,14-16,18H2,1-4H3,(H,32,38)/t20?,21?,23-/m1/s1. The fourth-order valence-electron chi connectivity index (χ4n) is 5.93. The van der Waals surface area contributed by atoms with Crippen LogP contribution in [-0.4, -0.2) is 79.5 Å². The van der Waals surface area contributed by atoms with E-state index in [1.807, 2.05) is 29.8 Å². The summed E-state index contributed by atoms with van der Waals surface area (Å²) in [7, 11) is 1.31. The van der Waals surface area contributed by atoms with Gasteiger partial charge in [0.05, 0.1) is 42.7 Å². The van der Waals surface area contributed by atoms with Gasteiger partial charge < -0.3 is 24.6 Å². The van der Waals surface area contributed by atoms with Crippen molar-refractivity contribution in [2.24, 2.45) is 18.9 Å². The third kappa shape index (κ3) is 5.77. The van der Waals surface area contributed by atoms with Crippen LogP contribution in [0.5, 0.6) is 0 Å². The number of ether oxygens (including phenoxy) is 1. The Morgan fingerprint density at radius 1 is 1.23 bits per heavy atom. The van der Waals surface area contributed by atoms with Crippen LogP contribution in [0, 0.1) is 11.8 Å². The fourth-order valence-corrected chi connectivity index (χ4v) is 6.55. The highest BCUT2D eigenvalue weighted by atomic mass is 32.3. The topological polar surface area (TPSA) is 110 Å². The van der Waals surface area contributed by atoms with Crippen molar-refractivity contribution >= 4 is 21.8 Å². The number of pyridine rings is 1. The van der Waals surface area contributed by atoms with E-state index in [0.717, 1.165) is 66.3 Å². The van der Waals surface area contributed by atoms with Gasteiger partial charge in [-0.1, -0.05) is 6.07 Å². The molecule has 0 aromatic carbocycles. The molecule has 0 spiro atoms. The average molecular weight is 568 g/mol. The number of piperidine rings is 1. The number of hydrogen-bond donors (Lipinski definition) is 2. The molecule has 3 aromatic heterocycles. The summed E-state index contributed by atoms with van der Waals surface area (Å²) in [5, 5.41) is 18.1. The van der Waals surface area contributed by atoms with Crippen molar-refractivity contribution < 1.29 is 14.6 Å². The Morgan fingerprint density at radius 3 is 2.77 bits per heavy atom. The number of carbonyl (C=O) groups is 1. The SMILES string of the molecule is Cn1cnc2c1CC[C@H]2NC(=O)c1cc(Cc2ccc(N3CC4CC4C3)nc2CO)nn1COCCS(C)(C)C. The van der Waals surface area contributed by atoms with E-state index in [1.165, 1.54) is 12.1 Å². The Morgan fingerprint density at radius 2 is 2.02 bits per heavy atom. The van der Waals surface area contributed by atoms with Crippen LogP contribution >= 0.6 is 10.0 Å². The zero-order chi connectivity index (χ0) is 28.0. The highest BCUT2D eigenvalue weighted by Crippen LogP contribution is 2.46. The van der Waals surface area contributed by atoms with Gasteiger partial charge in [0.15, 0.2) is 0 Å². The van der Waals surface area contributed by atoms with Crippen molar-refractivity contribution in [2.45, 2.75) is 45.1 Å². The van der Waals surface area contributed by atoms with E-state index in [9.17, 15) is 9.90 Å². The molecule has 0 radical (unpaired) electrons. The van der Waals surface area contributed by atoms with Crippen LogP contribution in [0.3, 0.4) is 0 Å². The normalized spacial score (nSPS) is 21.9. The molecule has 11 heteroatoms. The summed E-state index contributed by atoms with van der Waals surface area (Å²) in [4.78, 5) is 25.2. The molecule has 2 fully saturated rings. The molecule has 1 saturated carbocycles. The number of amides is 1. The number of aliphatic hydroxyl groups excluding tert-OH is 1. The number of fused-ring (bicyclic) bond motifs is 2. The molecule has 0 bridgehead atoms. The number of hydrogen-bond acceptors (Lipinski definition) is 7. The average Bonchev–Trinajstić information content (AvgIpc) is 3.32. The smallest absolute Gasteiger partial charge is 0.270 e. The van der Waals surface area contributed by atoms with E-state index in [1.54, 1.807) is 11.0 Å². The molecule has 216 valence electrons. The van der Waals surface area contributed by atoms with E-state index in [2.05, 4.69) is 34.0 Å². The number of rotatable bonds is 11. The van der Waals surface area contributed by atoms with Crippen molar-refractivity contribution in [3.8, 4) is 0 Å². The Hall–Kier alpha value is -2.89. The molecular formula is C29H41N7O3S. The minimum atomic E-state index is -0.678. The second-order valence-electron chi connectivity index (χ2n) is 12.4. The minimum Gasteiger partial charge on any atom is -0.390 e. The molecule has 40 heavy (non-hydrogen) atoms. The van der Waals surface area contributed by atoms with Crippen LogP contribution in [0.15, 0.2) is 24.5 Å². The summed E-state index contributed by atoms with van der Waals surface area (Å²) >= 11 is 0. The molecule has 1 amide bonds. The summed E-state index contributed by atoms with van der Waals surface area (Å²) in [5.74, 6) is 3.37. The van der Waals surface area contributed by atoms with Crippen molar-refractivity contribution in [1.29, 1.82) is 0 Å². The van der Waals surface area contributed by atoms with Crippen molar-refractivity contribution in [2.75, 3.05) is 49.1 Å². The molecule has 2 aliphatic carbocycles. The van der Waals surface area contributed by atoms with Gasteiger partial charge in [-0.3, -0.25) is 4.79 Å². The van der Waals surface area contributed by atoms with Crippen LogP contribution in [0.4, 0.5) is 5.82 Å². The van der Waals surface area contributed by atoms with Crippen LogP contribution in [0.2, 0.25) is 0 Å². The van der Waals surface area contributed by atoms with Gasteiger partial charge in [0.2, 0.25) is 0 Å². The highest BCUT2D eigenvalue weighted by molar-refractivity contribution is 8.32. The summed E-state index contributed by atoms with van der Waals surface area (Å²) < 4.78 is 9.66. The van der Waals surface area contributed by atoms with Gasteiger partial charge in [-0.15, -0.1) is 0 Å². The first kappa shape index (κ1) is 27.3. The fraction of sp³-hybridized carbons (Fsp3) is 0.586. The molecule has 1 aliphatic heterocycles. The molecule has 2 unspecified atom stereocenters. The van der Waals surface area contributed by atoms with E-state index in [4.69, 9.17) is 14.8 Å². The van der Waals surface area contributed by atoms with Crippen LogP contribution in [0.1, 0.15) is 57.7 Å². The van der Waals surface area contributed by atoms with E-state index in [0.29, 0.717) is 24.4 Å². The lowest BCUT2D eigenvalue weighted by Crippen LogP contribution is -2.30. The third-order valence-electron chi connectivity index (χ3n) is 8.39. The number of nitrogens with one attached hydrogen (secondary N) is 1. The van der Waals surface area contributed by atoms with Gasteiger partial charge in [0.1, 0.15) is 18.2 Å².